The molecule has 0 aromatic carbocycles. The molecule has 0 fully saturated rings. The second-order valence-electron chi connectivity index (χ2n) is 6.37. The first kappa shape index (κ1) is 19.8. The number of rotatable bonds is 6. The minimum absolute atomic E-state index is 0.0198. The van der Waals surface area contributed by atoms with Crippen molar-refractivity contribution in [1.29, 1.82) is 0 Å². The molecule has 1 aliphatic rings. The van der Waals surface area contributed by atoms with E-state index in [1.165, 1.54) is 6.20 Å². The lowest BCUT2D eigenvalue weighted by Crippen LogP contribution is -2.41. The SMILES string of the molecule is CC(C)C1(C)N=C(c2ncc(COCC(F)(F)F)cc2C(=O)O)NC1=O. The van der Waals surface area contributed by atoms with E-state index in [-0.39, 0.29) is 34.5 Å². The van der Waals surface area contributed by atoms with Crippen LogP contribution in [0.3, 0.4) is 0 Å². The number of aromatic nitrogens is 1. The molecule has 0 saturated heterocycles. The largest absolute Gasteiger partial charge is 0.478 e. The van der Waals surface area contributed by atoms with Gasteiger partial charge in [-0.3, -0.25) is 9.78 Å². The van der Waals surface area contributed by atoms with Crippen molar-refractivity contribution < 1.29 is 32.6 Å². The lowest BCUT2D eigenvalue weighted by Gasteiger charge is -2.21. The number of ether oxygens (including phenoxy) is 1. The summed E-state index contributed by atoms with van der Waals surface area (Å²) in [6, 6.07) is 1.15. The molecule has 0 bridgehead atoms. The van der Waals surface area contributed by atoms with Gasteiger partial charge in [0, 0.05) is 6.20 Å². The van der Waals surface area contributed by atoms with Gasteiger partial charge in [-0.2, -0.15) is 13.2 Å². The van der Waals surface area contributed by atoms with Gasteiger partial charge in [-0.25, -0.2) is 9.79 Å². The summed E-state index contributed by atoms with van der Waals surface area (Å²) < 4.78 is 40.9. The van der Waals surface area contributed by atoms with E-state index in [0.29, 0.717) is 0 Å². The fourth-order valence-corrected chi connectivity index (χ4v) is 2.27. The van der Waals surface area contributed by atoms with Crippen LogP contribution in [0.15, 0.2) is 17.3 Å². The van der Waals surface area contributed by atoms with Gasteiger partial charge in [0.05, 0.1) is 12.2 Å². The number of carboxylic acid groups (broad SMARTS) is 1. The lowest BCUT2D eigenvalue weighted by atomic mass is 9.89. The van der Waals surface area contributed by atoms with Crippen LogP contribution in [-0.2, 0) is 16.1 Å². The summed E-state index contributed by atoms with van der Waals surface area (Å²) >= 11 is 0. The molecule has 142 valence electrons. The summed E-state index contributed by atoms with van der Waals surface area (Å²) in [7, 11) is 0. The predicted molar refractivity (Wildman–Crippen MR) is 84.8 cm³/mol. The first-order chi connectivity index (χ1) is 11.9. The third-order valence-electron chi connectivity index (χ3n) is 4.09. The van der Waals surface area contributed by atoms with Crippen molar-refractivity contribution in [3.05, 3.63) is 29.1 Å². The average Bonchev–Trinajstić information content (AvgIpc) is 2.82. The number of alkyl halides is 3. The Bertz CT molecular complexity index is 762. The number of nitrogens with zero attached hydrogens (tertiary/aromatic N) is 2. The summed E-state index contributed by atoms with van der Waals surface area (Å²) in [5, 5.41) is 11.9. The Kier molecular flexibility index (Phi) is 5.36. The zero-order chi connectivity index (χ0) is 19.7. The highest BCUT2D eigenvalue weighted by atomic mass is 19.4. The van der Waals surface area contributed by atoms with E-state index in [1.54, 1.807) is 20.8 Å². The van der Waals surface area contributed by atoms with Gasteiger partial charge in [-0.15, -0.1) is 0 Å². The van der Waals surface area contributed by atoms with Gasteiger partial charge in [0.25, 0.3) is 5.91 Å². The smallest absolute Gasteiger partial charge is 0.411 e. The van der Waals surface area contributed by atoms with Crippen LogP contribution in [0.25, 0.3) is 0 Å². The summed E-state index contributed by atoms with van der Waals surface area (Å²) in [6.45, 7) is 3.33. The van der Waals surface area contributed by atoms with Crippen molar-refractivity contribution >= 4 is 17.7 Å². The zero-order valence-electron chi connectivity index (χ0n) is 14.3. The molecule has 1 aromatic rings. The molecule has 1 aromatic heterocycles. The summed E-state index contributed by atoms with van der Waals surface area (Å²) in [5.41, 5.74) is -1.24. The van der Waals surface area contributed by atoms with Crippen LogP contribution < -0.4 is 5.32 Å². The Labute approximate surface area is 147 Å². The number of nitrogens with one attached hydrogen (secondary N) is 1. The Morgan fingerprint density at radius 3 is 2.58 bits per heavy atom. The minimum atomic E-state index is -4.48. The number of carboxylic acids is 1. The number of carbonyl (C=O) groups is 2. The van der Waals surface area contributed by atoms with Gasteiger partial charge < -0.3 is 15.2 Å². The van der Waals surface area contributed by atoms with Crippen LogP contribution in [-0.4, -0.2) is 46.1 Å². The Morgan fingerprint density at radius 1 is 1.42 bits per heavy atom. The number of aliphatic imine (C=N–C) groups is 1. The molecule has 10 heteroatoms. The highest BCUT2D eigenvalue weighted by molar-refractivity contribution is 6.17. The van der Waals surface area contributed by atoms with Crippen LogP contribution >= 0.6 is 0 Å². The number of amides is 1. The monoisotopic (exact) mass is 373 g/mol. The van der Waals surface area contributed by atoms with Crippen molar-refractivity contribution in [2.75, 3.05) is 6.61 Å². The van der Waals surface area contributed by atoms with E-state index in [4.69, 9.17) is 0 Å². The molecule has 2 rings (SSSR count). The molecular formula is C16H18F3N3O4. The minimum Gasteiger partial charge on any atom is -0.478 e. The number of hydrogen-bond donors (Lipinski definition) is 2. The molecule has 1 unspecified atom stereocenters. The molecule has 1 atom stereocenters. The third-order valence-corrected chi connectivity index (χ3v) is 4.09. The third kappa shape index (κ3) is 4.18. The number of aromatic carboxylic acids is 1. The van der Waals surface area contributed by atoms with E-state index in [2.05, 4.69) is 20.0 Å². The van der Waals surface area contributed by atoms with E-state index < -0.39 is 30.9 Å². The molecule has 7 nitrogen and oxygen atoms in total. The van der Waals surface area contributed by atoms with Gasteiger partial charge in [-0.05, 0) is 24.5 Å². The number of carbonyl (C=O) groups excluding carboxylic acids is 1. The molecule has 1 amide bonds. The maximum atomic E-state index is 12.2. The van der Waals surface area contributed by atoms with Gasteiger partial charge >= 0.3 is 12.1 Å². The van der Waals surface area contributed by atoms with Crippen LogP contribution in [0.1, 0.15) is 42.4 Å². The zero-order valence-corrected chi connectivity index (χ0v) is 14.3. The molecule has 2 N–H and O–H groups in total. The molecule has 0 saturated carbocycles. The van der Waals surface area contributed by atoms with E-state index >= 15 is 0 Å². The van der Waals surface area contributed by atoms with E-state index in [0.717, 1.165) is 6.07 Å². The summed E-state index contributed by atoms with van der Waals surface area (Å²) in [4.78, 5) is 31.9. The number of halogens is 3. The second kappa shape index (κ2) is 7.02. The molecular weight excluding hydrogens is 355 g/mol. The first-order valence-electron chi connectivity index (χ1n) is 7.72. The first-order valence-corrected chi connectivity index (χ1v) is 7.72. The highest BCUT2D eigenvalue weighted by Gasteiger charge is 2.43. The average molecular weight is 373 g/mol. The normalized spacial score (nSPS) is 20.3. The van der Waals surface area contributed by atoms with Crippen LogP contribution in [0.5, 0.6) is 0 Å². The van der Waals surface area contributed by atoms with Gasteiger partial charge in [0.2, 0.25) is 0 Å². The standard InChI is InChI=1S/C16H18F3N3O4/c1-8(2)15(3)14(25)21-12(22-15)11-10(13(23)24)4-9(5-20-11)6-26-7-16(17,18)19/h4-5,8H,6-7H2,1-3H3,(H,23,24)(H,21,22,25). The number of amidine groups is 1. The second-order valence-corrected chi connectivity index (χ2v) is 6.37. The van der Waals surface area contributed by atoms with Crippen molar-refractivity contribution in [1.82, 2.24) is 10.3 Å². The van der Waals surface area contributed by atoms with Gasteiger partial charge in [-0.1, -0.05) is 13.8 Å². The van der Waals surface area contributed by atoms with Gasteiger partial charge in [0.1, 0.15) is 17.8 Å². The van der Waals surface area contributed by atoms with Crippen molar-refractivity contribution in [3.63, 3.8) is 0 Å². The quantitative estimate of drug-likeness (QED) is 0.796. The van der Waals surface area contributed by atoms with Crippen LogP contribution in [0.2, 0.25) is 0 Å². The summed E-state index contributed by atoms with van der Waals surface area (Å²) in [6.07, 6.45) is -3.29. The topological polar surface area (TPSA) is 101 Å². The molecule has 0 aliphatic carbocycles. The lowest BCUT2D eigenvalue weighted by molar-refractivity contribution is -0.176. The molecule has 0 radical (unpaired) electrons. The van der Waals surface area contributed by atoms with Crippen molar-refractivity contribution in [3.8, 4) is 0 Å². The Morgan fingerprint density at radius 2 is 2.08 bits per heavy atom. The van der Waals surface area contributed by atoms with E-state index in [9.17, 15) is 27.9 Å². The maximum absolute atomic E-state index is 12.2. The molecule has 26 heavy (non-hydrogen) atoms. The summed E-state index contributed by atoms with van der Waals surface area (Å²) in [5.74, 6) is -1.84. The van der Waals surface area contributed by atoms with Crippen molar-refractivity contribution in [2.45, 2.75) is 39.1 Å². The van der Waals surface area contributed by atoms with Crippen LogP contribution in [0.4, 0.5) is 13.2 Å². The number of pyridine rings is 1. The van der Waals surface area contributed by atoms with E-state index in [1.807, 2.05) is 0 Å². The number of hydrogen-bond acceptors (Lipinski definition) is 5. The molecule has 2 heterocycles. The Hall–Kier alpha value is -2.49. The fourth-order valence-electron chi connectivity index (χ4n) is 2.27. The highest BCUT2D eigenvalue weighted by Crippen LogP contribution is 2.27. The van der Waals surface area contributed by atoms with Crippen molar-refractivity contribution in [2.24, 2.45) is 10.9 Å². The van der Waals surface area contributed by atoms with Gasteiger partial charge in [0.15, 0.2) is 5.84 Å². The fraction of sp³-hybridized carbons (Fsp3) is 0.500. The van der Waals surface area contributed by atoms with Crippen LogP contribution in [0, 0.1) is 5.92 Å². The maximum Gasteiger partial charge on any atom is 0.411 e. The molecule has 0 spiro atoms. The molecule has 1 aliphatic heterocycles. The predicted octanol–water partition coefficient (Wildman–Crippen LogP) is 2.15. The Balaban J connectivity index is 2.30.